The highest BCUT2D eigenvalue weighted by Crippen LogP contribution is 2.41. The molecule has 6 heteroatoms. The van der Waals surface area contributed by atoms with Gasteiger partial charge in [0, 0.05) is 55.4 Å². The van der Waals surface area contributed by atoms with Crippen LogP contribution in [0.1, 0.15) is 37.4 Å². The largest absolute Gasteiger partial charge is 0.347 e. The quantitative estimate of drug-likeness (QED) is 0.349. The van der Waals surface area contributed by atoms with E-state index in [1.807, 2.05) is 17.0 Å². The van der Waals surface area contributed by atoms with Crippen molar-refractivity contribution in [3.05, 3.63) is 71.9 Å². The van der Waals surface area contributed by atoms with Crippen molar-refractivity contribution in [2.24, 2.45) is 5.92 Å². The number of piperazine rings is 1. The van der Waals surface area contributed by atoms with Crippen LogP contribution < -0.4 is 4.90 Å². The zero-order valence-electron chi connectivity index (χ0n) is 21.6. The molecule has 190 valence electrons. The maximum atomic E-state index is 13.8. The molecule has 2 aliphatic rings. The first-order chi connectivity index (χ1) is 17.4. The highest BCUT2D eigenvalue weighted by atomic mass is 79.9. The van der Waals surface area contributed by atoms with Gasteiger partial charge in [0.25, 0.3) is 0 Å². The van der Waals surface area contributed by atoms with Crippen molar-refractivity contribution in [3.8, 4) is 0 Å². The number of likely N-dealkylation sites (N-methyl/N-ethyl adjacent to an activating group) is 1. The Morgan fingerprint density at radius 2 is 1.72 bits per heavy atom. The predicted molar refractivity (Wildman–Crippen MR) is 154 cm³/mol. The van der Waals surface area contributed by atoms with Crippen LogP contribution in [0, 0.1) is 5.92 Å². The fraction of sp³-hybridized carbons (Fsp3) is 0.433. The van der Waals surface area contributed by atoms with Gasteiger partial charge in [-0.3, -0.25) is 9.69 Å². The van der Waals surface area contributed by atoms with E-state index >= 15 is 0 Å². The number of amides is 1. The highest BCUT2D eigenvalue weighted by molar-refractivity contribution is 9.10. The fourth-order valence-electron chi connectivity index (χ4n) is 5.43. The van der Waals surface area contributed by atoms with E-state index in [0.717, 1.165) is 56.9 Å². The van der Waals surface area contributed by atoms with Crippen LogP contribution in [0.25, 0.3) is 17.0 Å². The molecule has 3 aromatic rings. The molecule has 0 N–H and O–H groups in total. The normalized spacial score (nSPS) is 19.7. The molecule has 2 unspecified atom stereocenters. The number of hydrogen-bond acceptors (Lipinski definition) is 3. The van der Waals surface area contributed by atoms with Gasteiger partial charge in [0.05, 0.1) is 16.6 Å². The first-order valence-electron chi connectivity index (χ1n) is 13.2. The third-order valence-corrected chi connectivity index (χ3v) is 9.05. The lowest BCUT2D eigenvalue weighted by Crippen LogP contribution is -2.44. The second kappa shape index (κ2) is 10.9. The van der Waals surface area contributed by atoms with E-state index in [-0.39, 0.29) is 22.7 Å². The molecule has 0 saturated carbocycles. The number of rotatable bonds is 7. The van der Waals surface area contributed by atoms with Gasteiger partial charge in [-0.15, -0.1) is 0 Å². The summed E-state index contributed by atoms with van der Waals surface area (Å²) in [5.74, 6) is 0.311. The predicted octanol–water partition coefficient (Wildman–Crippen LogP) is 5.80. The summed E-state index contributed by atoms with van der Waals surface area (Å²) in [6.07, 6.45) is 7.76. The Morgan fingerprint density at radius 3 is 2.50 bits per heavy atom. The lowest BCUT2D eigenvalue weighted by atomic mass is 9.95. The summed E-state index contributed by atoms with van der Waals surface area (Å²) in [4.78, 5) is 20.6. The van der Waals surface area contributed by atoms with Crippen LogP contribution in [0.15, 0.2) is 60.8 Å². The van der Waals surface area contributed by atoms with E-state index in [9.17, 15) is 4.79 Å². The van der Waals surface area contributed by atoms with Gasteiger partial charge in [0.15, 0.2) is 0 Å². The van der Waals surface area contributed by atoms with Crippen molar-refractivity contribution in [1.82, 2.24) is 14.4 Å². The standard InChI is InChI=1S/C30H37BrN4O/c1-22(2)29(31)30(36)35-26-11-6-4-9-23(26)13-14-28(35)25-21-34(27-12-7-5-10-24(25)27)16-8-15-33-19-17-32(3)18-20-33/h4-7,9-14,21-22,28-29H,8,15-20H2,1-3H3. The summed E-state index contributed by atoms with van der Waals surface area (Å²) in [6.45, 7) is 10.9. The third kappa shape index (κ3) is 5.04. The molecule has 0 bridgehead atoms. The van der Waals surface area contributed by atoms with E-state index in [0.29, 0.717) is 0 Å². The van der Waals surface area contributed by atoms with E-state index in [1.165, 1.54) is 16.5 Å². The topological polar surface area (TPSA) is 31.7 Å². The van der Waals surface area contributed by atoms with Crippen molar-refractivity contribution >= 4 is 44.5 Å². The summed E-state index contributed by atoms with van der Waals surface area (Å²) >= 11 is 3.70. The molecule has 2 aromatic carbocycles. The van der Waals surface area contributed by atoms with Gasteiger partial charge in [-0.2, -0.15) is 0 Å². The Kier molecular flexibility index (Phi) is 7.65. The zero-order chi connectivity index (χ0) is 25.2. The van der Waals surface area contributed by atoms with Crippen LogP contribution in [0.3, 0.4) is 0 Å². The van der Waals surface area contributed by atoms with Crippen LogP contribution in [0.4, 0.5) is 5.69 Å². The minimum atomic E-state index is -0.239. The number of anilines is 1. The molecule has 3 heterocycles. The SMILES string of the molecule is CC(C)C(Br)C(=O)N1c2ccccc2C=CC1c1cn(CCCN2CCN(C)CC2)c2ccccc12. The van der Waals surface area contributed by atoms with Gasteiger partial charge in [0.2, 0.25) is 5.91 Å². The molecule has 1 amide bonds. The Labute approximate surface area is 223 Å². The summed E-state index contributed by atoms with van der Waals surface area (Å²) in [5, 5.41) is 1.22. The number of carbonyl (C=O) groups is 1. The molecule has 0 spiro atoms. The molecule has 1 fully saturated rings. The van der Waals surface area contributed by atoms with E-state index in [1.54, 1.807) is 0 Å². The number of carbonyl (C=O) groups excluding carboxylic acids is 1. The van der Waals surface area contributed by atoms with Crippen molar-refractivity contribution in [3.63, 3.8) is 0 Å². The monoisotopic (exact) mass is 548 g/mol. The average molecular weight is 550 g/mol. The molecule has 1 saturated heterocycles. The van der Waals surface area contributed by atoms with Gasteiger partial charge >= 0.3 is 0 Å². The van der Waals surface area contributed by atoms with Crippen LogP contribution in [0.5, 0.6) is 0 Å². The van der Waals surface area contributed by atoms with Crippen molar-refractivity contribution in [2.45, 2.75) is 37.7 Å². The Hall–Kier alpha value is -2.41. The highest BCUT2D eigenvalue weighted by Gasteiger charge is 2.35. The summed E-state index contributed by atoms with van der Waals surface area (Å²) in [5.41, 5.74) is 4.49. The first-order valence-corrected chi connectivity index (χ1v) is 14.1. The van der Waals surface area contributed by atoms with Gasteiger partial charge in [-0.1, -0.05) is 78.3 Å². The fourth-order valence-corrected chi connectivity index (χ4v) is 5.65. The number of aryl methyl sites for hydroxylation is 1. The molecule has 5 rings (SSSR count). The van der Waals surface area contributed by atoms with Crippen LogP contribution in [-0.4, -0.2) is 64.9 Å². The molecule has 5 nitrogen and oxygen atoms in total. The van der Waals surface area contributed by atoms with Gasteiger partial charge in [0.1, 0.15) is 0 Å². The molecule has 2 atom stereocenters. The molecule has 2 aliphatic heterocycles. The molecule has 36 heavy (non-hydrogen) atoms. The maximum Gasteiger partial charge on any atom is 0.241 e. The summed E-state index contributed by atoms with van der Waals surface area (Å²) in [6, 6.07) is 16.7. The minimum Gasteiger partial charge on any atom is -0.347 e. The number of hydrogen-bond donors (Lipinski definition) is 0. The summed E-state index contributed by atoms with van der Waals surface area (Å²) < 4.78 is 2.39. The molecular formula is C30H37BrN4O. The zero-order valence-corrected chi connectivity index (χ0v) is 23.2. The number of aromatic nitrogens is 1. The molecule has 1 aromatic heterocycles. The first kappa shape index (κ1) is 25.2. The Bertz CT molecular complexity index is 1240. The van der Waals surface area contributed by atoms with E-state index in [4.69, 9.17) is 0 Å². The number of nitrogens with zero attached hydrogens (tertiary/aromatic N) is 4. The molecule has 0 radical (unpaired) electrons. The Morgan fingerprint density at radius 1 is 1.00 bits per heavy atom. The number of fused-ring (bicyclic) bond motifs is 2. The molecular weight excluding hydrogens is 512 g/mol. The maximum absolute atomic E-state index is 13.8. The lowest BCUT2D eigenvalue weighted by Gasteiger charge is -2.36. The van der Waals surface area contributed by atoms with Gasteiger partial charge < -0.3 is 14.4 Å². The van der Waals surface area contributed by atoms with Crippen LogP contribution in [0.2, 0.25) is 0 Å². The number of para-hydroxylation sites is 2. The van der Waals surface area contributed by atoms with Crippen LogP contribution >= 0.6 is 15.9 Å². The van der Waals surface area contributed by atoms with Gasteiger partial charge in [-0.25, -0.2) is 0 Å². The van der Waals surface area contributed by atoms with Crippen molar-refractivity contribution in [1.29, 1.82) is 0 Å². The summed E-state index contributed by atoms with van der Waals surface area (Å²) in [7, 11) is 2.20. The third-order valence-electron chi connectivity index (χ3n) is 7.60. The lowest BCUT2D eigenvalue weighted by molar-refractivity contribution is -0.119. The second-order valence-corrected chi connectivity index (χ2v) is 11.5. The second-order valence-electron chi connectivity index (χ2n) is 10.5. The minimum absolute atomic E-state index is 0.110. The smallest absolute Gasteiger partial charge is 0.241 e. The number of alkyl halides is 1. The van der Waals surface area contributed by atoms with Gasteiger partial charge in [-0.05, 0) is 43.6 Å². The van der Waals surface area contributed by atoms with Crippen molar-refractivity contribution in [2.75, 3.05) is 44.7 Å². The van der Waals surface area contributed by atoms with E-state index < -0.39 is 0 Å². The van der Waals surface area contributed by atoms with E-state index in [2.05, 4.69) is 106 Å². The average Bonchev–Trinajstić information content (AvgIpc) is 3.26. The van der Waals surface area contributed by atoms with Crippen LogP contribution in [-0.2, 0) is 11.3 Å². The molecule has 0 aliphatic carbocycles. The van der Waals surface area contributed by atoms with Crippen molar-refractivity contribution < 1.29 is 4.79 Å². The number of halogens is 1. The number of benzene rings is 2. The Balaban J connectivity index is 1.46.